The molecule has 0 saturated carbocycles. The molecule has 0 bridgehead atoms. The Morgan fingerprint density at radius 1 is 1.21 bits per heavy atom. The van der Waals surface area contributed by atoms with Gasteiger partial charge in [0.1, 0.15) is 5.82 Å². The lowest BCUT2D eigenvalue weighted by Crippen LogP contribution is -2.09. The molecule has 0 aliphatic carbocycles. The van der Waals surface area contributed by atoms with Crippen LogP contribution in [0.1, 0.15) is 17.0 Å². The first-order valence-electron chi connectivity index (χ1n) is 6.02. The maximum Gasteiger partial charge on any atom is 0.160 e. The Hall–Kier alpha value is -1.33. The molecule has 2 rings (SSSR count). The smallest absolute Gasteiger partial charge is 0.160 e. The Labute approximate surface area is 120 Å². The number of nitrogens with zero attached hydrogens (tertiary/aromatic N) is 2. The molecule has 0 unspecified atom stereocenters. The van der Waals surface area contributed by atoms with E-state index >= 15 is 0 Å². The Balaban J connectivity index is 2.52. The number of halogens is 2. The third-order valence-corrected chi connectivity index (χ3v) is 3.64. The van der Waals surface area contributed by atoms with E-state index in [0.717, 1.165) is 28.9 Å². The van der Waals surface area contributed by atoms with Gasteiger partial charge in [-0.1, -0.05) is 0 Å². The number of aryl methyl sites for hydroxylation is 2. The monoisotopic (exact) mass is 323 g/mol. The molecule has 5 heteroatoms. The molecule has 1 aromatic carbocycles. The van der Waals surface area contributed by atoms with Crippen LogP contribution in [0.15, 0.2) is 22.7 Å². The molecule has 0 aliphatic rings. The van der Waals surface area contributed by atoms with Gasteiger partial charge in [0.25, 0.3) is 0 Å². The van der Waals surface area contributed by atoms with Gasteiger partial charge in [-0.05, 0) is 66.5 Å². The Morgan fingerprint density at radius 2 is 1.84 bits per heavy atom. The van der Waals surface area contributed by atoms with Gasteiger partial charge < -0.3 is 5.73 Å². The second kappa shape index (κ2) is 5.75. The SMILES string of the molecule is Cc1nc(-c2ccc(F)cc2Br)nc(C)c1CCN. The van der Waals surface area contributed by atoms with E-state index in [-0.39, 0.29) is 5.82 Å². The highest BCUT2D eigenvalue weighted by atomic mass is 79.9. The highest BCUT2D eigenvalue weighted by Gasteiger charge is 2.12. The van der Waals surface area contributed by atoms with Crippen molar-refractivity contribution in [3.05, 3.63) is 45.4 Å². The van der Waals surface area contributed by atoms with E-state index in [1.807, 2.05) is 13.8 Å². The first-order chi connectivity index (χ1) is 9.02. The summed E-state index contributed by atoms with van der Waals surface area (Å²) in [5.41, 5.74) is 9.30. The van der Waals surface area contributed by atoms with Crippen LogP contribution >= 0.6 is 15.9 Å². The molecule has 0 amide bonds. The molecule has 1 heterocycles. The average molecular weight is 324 g/mol. The Kier molecular flexibility index (Phi) is 4.27. The van der Waals surface area contributed by atoms with E-state index in [1.165, 1.54) is 12.1 Å². The fourth-order valence-electron chi connectivity index (χ4n) is 2.04. The summed E-state index contributed by atoms with van der Waals surface area (Å²) in [5, 5.41) is 0. The van der Waals surface area contributed by atoms with Gasteiger partial charge in [-0.2, -0.15) is 0 Å². The number of aromatic nitrogens is 2. The van der Waals surface area contributed by atoms with E-state index in [2.05, 4.69) is 25.9 Å². The van der Waals surface area contributed by atoms with E-state index in [4.69, 9.17) is 5.73 Å². The fourth-order valence-corrected chi connectivity index (χ4v) is 2.57. The van der Waals surface area contributed by atoms with Crippen LogP contribution in [-0.2, 0) is 6.42 Å². The quantitative estimate of drug-likeness (QED) is 0.943. The molecule has 3 nitrogen and oxygen atoms in total. The molecule has 0 fully saturated rings. The topological polar surface area (TPSA) is 51.8 Å². The molecular weight excluding hydrogens is 309 g/mol. The van der Waals surface area contributed by atoms with Crippen LogP contribution in [0.2, 0.25) is 0 Å². The lowest BCUT2D eigenvalue weighted by molar-refractivity contribution is 0.627. The van der Waals surface area contributed by atoms with Crippen LogP contribution in [0.25, 0.3) is 11.4 Å². The molecule has 0 atom stereocenters. The predicted octanol–water partition coefficient (Wildman–Crippen LogP) is 3.16. The van der Waals surface area contributed by atoms with Gasteiger partial charge in [-0.15, -0.1) is 0 Å². The standard InChI is InChI=1S/C14H15BrFN3/c1-8-11(5-6-17)9(2)19-14(18-8)12-4-3-10(16)7-13(12)15/h3-4,7H,5-6,17H2,1-2H3. The molecule has 2 N–H and O–H groups in total. The molecule has 0 saturated heterocycles. The molecule has 0 aliphatic heterocycles. The Morgan fingerprint density at radius 3 is 2.37 bits per heavy atom. The number of benzene rings is 1. The minimum absolute atomic E-state index is 0.288. The van der Waals surface area contributed by atoms with Crippen molar-refractivity contribution in [2.45, 2.75) is 20.3 Å². The summed E-state index contributed by atoms with van der Waals surface area (Å²) in [4.78, 5) is 8.99. The zero-order chi connectivity index (χ0) is 14.0. The third-order valence-electron chi connectivity index (χ3n) is 2.99. The van der Waals surface area contributed by atoms with Crippen molar-refractivity contribution in [1.82, 2.24) is 9.97 Å². The summed E-state index contributed by atoms with van der Waals surface area (Å²) in [6, 6.07) is 4.50. The first-order valence-corrected chi connectivity index (χ1v) is 6.82. The largest absolute Gasteiger partial charge is 0.330 e. The Bertz CT molecular complexity index is 591. The summed E-state index contributed by atoms with van der Waals surface area (Å²) in [6.45, 7) is 4.46. The van der Waals surface area contributed by atoms with Crippen molar-refractivity contribution in [2.24, 2.45) is 5.73 Å². The lowest BCUT2D eigenvalue weighted by Gasteiger charge is -2.11. The normalized spacial score (nSPS) is 10.8. The molecule has 0 spiro atoms. The number of hydrogen-bond donors (Lipinski definition) is 1. The van der Waals surface area contributed by atoms with Crippen molar-refractivity contribution < 1.29 is 4.39 Å². The maximum atomic E-state index is 13.1. The third kappa shape index (κ3) is 2.98. The molecular formula is C14H15BrFN3. The summed E-state index contributed by atoms with van der Waals surface area (Å²) < 4.78 is 13.8. The van der Waals surface area contributed by atoms with E-state index in [1.54, 1.807) is 6.07 Å². The van der Waals surface area contributed by atoms with E-state index in [9.17, 15) is 4.39 Å². The second-order valence-electron chi connectivity index (χ2n) is 4.36. The summed E-state index contributed by atoms with van der Waals surface area (Å²) >= 11 is 3.34. The zero-order valence-electron chi connectivity index (χ0n) is 10.9. The predicted molar refractivity (Wildman–Crippen MR) is 77.4 cm³/mol. The highest BCUT2D eigenvalue weighted by molar-refractivity contribution is 9.10. The van der Waals surface area contributed by atoms with Crippen LogP contribution in [-0.4, -0.2) is 16.5 Å². The zero-order valence-corrected chi connectivity index (χ0v) is 12.5. The van der Waals surface area contributed by atoms with Gasteiger partial charge in [0.05, 0.1) is 0 Å². The number of nitrogens with two attached hydrogens (primary N) is 1. The van der Waals surface area contributed by atoms with Crippen molar-refractivity contribution in [2.75, 3.05) is 6.54 Å². The molecule has 0 radical (unpaired) electrons. The van der Waals surface area contributed by atoms with E-state index in [0.29, 0.717) is 16.8 Å². The van der Waals surface area contributed by atoms with Crippen molar-refractivity contribution in [3.8, 4) is 11.4 Å². The highest BCUT2D eigenvalue weighted by Crippen LogP contribution is 2.27. The summed E-state index contributed by atoms with van der Waals surface area (Å²) in [7, 11) is 0. The van der Waals surface area contributed by atoms with Crippen LogP contribution in [0.5, 0.6) is 0 Å². The van der Waals surface area contributed by atoms with Crippen LogP contribution < -0.4 is 5.73 Å². The van der Waals surface area contributed by atoms with Gasteiger partial charge in [0.2, 0.25) is 0 Å². The van der Waals surface area contributed by atoms with Gasteiger partial charge in [-0.25, -0.2) is 14.4 Å². The van der Waals surface area contributed by atoms with Gasteiger partial charge in [-0.3, -0.25) is 0 Å². The van der Waals surface area contributed by atoms with Gasteiger partial charge in [0.15, 0.2) is 5.82 Å². The minimum Gasteiger partial charge on any atom is -0.330 e. The van der Waals surface area contributed by atoms with Crippen LogP contribution in [0.4, 0.5) is 4.39 Å². The van der Waals surface area contributed by atoms with Gasteiger partial charge >= 0.3 is 0 Å². The van der Waals surface area contributed by atoms with Crippen molar-refractivity contribution >= 4 is 15.9 Å². The van der Waals surface area contributed by atoms with Crippen molar-refractivity contribution in [3.63, 3.8) is 0 Å². The number of hydrogen-bond acceptors (Lipinski definition) is 3. The molecule has 1 aromatic heterocycles. The van der Waals surface area contributed by atoms with Crippen molar-refractivity contribution in [1.29, 1.82) is 0 Å². The summed E-state index contributed by atoms with van der Waals surface area (Å²) in [5.74, 6) is 0.312. The summed E-state index contributed by atoms with van der Waals surface area (Å²) in [6.07, 6.45) is 0.766. The maximum absolute atomic E-state index is 13.1. The number of rotatable bonds is 3. The molecule has 100 valence electrons. The molecule has 19 heavy (non-hydrogen) atoms. The van der Waals surface area contributed by atoms with Crippen LogP contribution in [0, 0.1) is 19.7 Å². The van der Waals surface area contributed by atoms with Crippen LogP contribution in [0.3, 0.4) is 0 Å². The van der Waals surface area contributed by atoms with E-state index < -0.39 is 0 Å². The van der Waals surface area contributed by atoms with Gasteiger partial charge in [0, 0.05) is 21.4 Å². The minimum atomic E-state index is -0.288. The lowest BCUT2D eigenvalue weighted by atomic mass is 10.1. The second-order valence-corrected chi connectivity index (χ2v) is 5.21. The fraction of sp³-hybridized carbons (Fsp3) is 0.286. The molecule has 2 aromatic rings. The average Bonchev–Trinajstić information content (AvgIpc) is 2.33. The first kappa shape index (κ1) is 14.1.